The number of methoxy groups -OCH3 is 1. The van der Waals surface area contributed by atoms with E-state index in [0.717, 1.165) is 26.0 Å². The Morgan fingerprint density at radius 1 is 1.23 bits per heavy atom. The van der Waals surface area contributed by atoms with E-state index in [1.165, 1.54) is 16.3 Å². The number of benzene rings is 2. The Hall–Kier alpha value is -2.51. The molecule has 5 nitrogen and oxygen atoms in total. The lowest BCUT2D eigenvalue weighted by Crippen LogP contribution is -2.21. The Bertz CT molecular complexity index is 1050. The van der Waals surface area contributed by atoms with Gasteiger partial charge < -0.3 is 4.74 Å². The van der Waals surface area contributed by atoms with Crippen molar-refractivity contribution in [3.8, 4) is 5.75 Å². The van der Waals surface area contributed by atoms with E-state index in [-0.39, 0.29) is 5.91 Å². The van der Waals surface area contributed by atoms with Crippen LogP contribution >= 0.6 is 27.3 Å². The van der Waals surface area contributed by atoms with Crippen molar-refractivity contribution in [2.75, 3.05) is 12.1 Å². The van der Waals surface area contributed by atoms with Crippen LogP contribution < -0.4 is 9.75 Å². The van der Waals surface area contributed by atoms with Gasteiger partial charge in [-0.25, -0.2) is 4.98 Å². The van der Waals surface area contributed by atoms with Crippen molar-refractivity contribution in [2.24, 2.45) is 5.10 Å². The molecule has 3 aromatic rings. The number of halogens is 1. The van der Waals surface area contributed by atoms with E-state index in [9.17, 15) is 4.79 Å². The Balaban J connectivity index is 1.68. The van der Waals surface area contributed by atoms with Crippen LogP contribution in [0.15, 0.2) is 57.6 Å². The molecule has 4 rings (SSSR count). The molecule has 0 aliphatic carbocycles. The Labute approximate surface area is 162 Å². The highest BCUT2D eigenvalue weighted by molar-refractivity contribution is 9.10. The molecule has 0 fully saturated rings. The number of para-hydroxylation sites is 1. The van der Waals surface area contributed by atoms with Crippen molar-refractivity contribution < 1.29 is 9.53 Å². The summed E-state index contributed by atoms with van der Waals surface area (Å²) in [5, 5.41) is 6.37. The van der Waals surface area contributed by atoms with E-state index < -0.39 is 0 Å². The van der Waals surface area contributed by atoms with Crippen LogP contribution in [0.4, 0.5) is 5.13 Å². The second kappa shape index (κ2) is 6.66. The standard InChI is InChI=1S/C19H14BrN3O2S/c1-11-13(9-12-7-8-16(25-2)14(20)10-12)18(24)23(22-11)19-21-15-5-3-4-6-17(15)26-19/h3-10H,1-2H3/b13-9-. The normalized spacial score (nSPS) is 15.8. The maximum atomic E-state index is 12.9. The Morgan fingerprint density at radius 2 is 2.04 bits per heavy atom. The van der Waals surface area contributed by atoms with E-state index in [1.54, 1.807) is 7.11 Å². The predicted octanol–water partition coefficient (Wildman–Crippen LogP) is 4.87. The minimum absolute atomic E-state index is 0.173. The van der Waals surface area contributed by atoms with Gasteiger partial charge in [0.2, 0.25) is 5.13 Å². The van der Waals surface area contributed by atoms with E-state index in [0.29, 0.717) is 16.4 Å². The zero-order valence-electron chi connectivity index (χ0n) is 14.1. The lowest BCUT2D eigenvalue weighted by molar-refractivity contribution is -0.114. The summed E-state index contributed by atoms with van der Waals surface area (Å²) in [6.45, 7) is 1.83. The molecule has 1 aromatic heterocycles. The zero-order chi connectivity index (χ0) is 18.3. The van der Waals surface area contributed by atoms with Gasteiger partial charge in [0.25, 0.3) is 5.91 Å². The fraction of sp³-hybridized carbons (Fsp3) is 0.105. The molecule has 0 bridgehead atoms. The number of carbonyl (C=O) groups excluding carboxylic acids is 1. The number of hydrogen-bond donors (Lipinski definition) is 0. The molecule has 1 aliphatic rings. The third-order valence-corrected chi connectivity index (χ3v) is 5.64. The number of hydrazone groups is 1. The number of nitrogens with zero attached hydrogens (tertiary/aromatic N) is 3. The lowest BCUT2D eigenvalue weighted by atomic mass is 10.1. The minimum Gasteiger partial charge on any atom is -0.496 e. The van der Waals surface area contributed by atoms with Crippen molar-refractivity contribution in [1.82, 2.24) is 4.98 Å². The van der Waals surface area contributed by atoms with Crippen molar-refractivity contribution in [3.63, 3.8) is 0 Å². The monoisotopic (exact) mass is 427 g/mol. The molecule has 130 valence electrons. The number of rotatable bonds is 3. The van der Waals surface area contributed by atoms with Crippen LogP contribution in [0.5, 0.6) is 5.75 Å². The van der Waals surface area contributed by atoms with Gasteiger partial charge in [-0.15, -0.1) is 0 Å². The molecule has 0 unspecified atom stereocenters. The van der Waals surface area contributed by atoms with E-state index in [2.05, 4.69) is 26.0 Å². The number of amides is 1. The number of hydrogen-bond acceptors (Lipinski definition) is 5. The fourth-order valence-corrected chi connectivity index (χ4v) is 4.18. The zero-order valence-corrected chi connectivity index (χ0v) is 16.5. The summed E-state index contributed by atoms with van der Waals surface area (Å²) in [6.07, 6.45) is 1.83. The molecule has 0 radical (unpaired) electrons. The molecule has 1 amide bonds. The van der Waals surface area contributed by atoms with Crippen molar-refractivity contribution >= 4 is 60.3 Å². The second-order valence-electron chi connectivity index (χ2n) is 5.72. The molecule has 0 atom stereocenters. The molecular formula is C19H14BrN3O2S. The second-order valence-corrected chi connectivity index (χ2v) is 7.58. The topological polar surface area (TPSA) is 54.8 Å². The first-order chi connectivity index (χ1) is 12.6. The molecule has 7 heteroatoms. The average molecular weight is 428 g/mol. The Kier molecular flexibility index (Phi) is 4.34. The van der Waals surface area contributed by atoms with Crippen LogP contribution in [0.1, 0.15) is 12.5 Å². The molecule has 0 spiro atoms. The van der Waals surface area contributed by atoms with Gasteiger partial charge in [0.1, 0.15) is 5.75 Å². The summed E-state index contributed by atoms with van der Waals surface area (Å²) in [7, 11) is 1.62. The van der Waals surface area contributed by atoms with Crippen LogP contribution in [0, 0.1) is 0 Å². The highest BCUT2D eigenvalue weighted by Crippen LogP contribution is 2.33. The highest BCUT2D eigenvalue weighted by Gasteiger charge is 2.30. The smallest absolute Gasteiger partial charge is 0.282 e. The maximum Gasteiger partial charge on any atom is 0.282 e. The summed E-state index contributed by atoms with van der Waals surface area (Å²) in [4.78, 5) is 17.4. The highest BCUT2D eigenvalue weighted by atomic mass is 79.9. The van der Waals surface area contributed by atoms with E-state index >= 15 is 0 Å². The summed E-state index contributed by atoms with van der Waals surface area (Å²) in [5.74, 6) is 0.569. The van der Waals surface area contributed by atoms with Gasteiger partial charge in [-0.05, 0) is 58.8 Å². The lowest BCUT2D eigenvalue weighted by Gasteiger charge is -2.07. The molecule has 2 heterocycles. The quantitative estimate of drug-likeness (QED) is 0.560. The number of anilines is 1. The molecule has 0 saturated carbocycles. The van der Waals surface area contributed by atoms with Crippen LogP contribution in [0.3, 0.4) is 0 Å². The molecular weight excluding hydrogens is 414 g/mol. The van der Waals surface area contributed by atoms with Crippen molar-refractivity contribution in [1.29, 1.82) is 0 Å². The van der Waals surface area contributed by atoms with Crippen LogP contribution in [-0.2, 0) is 4.79 Å². The minimum atomic E-state index is -0.173. The summed E-state index contributed by atoms with van der Waals surface area (Å²) in [5.41, 5.74) is 2.98. The Morgan fingerprint density at radius 3 is 2.77 bits per heavy atom. The van der Waals surface area contributed by atoms with Crippen molar-refractivity contribution in [2.45, 2.75) is 6.92 Å². The number of ether oxygens (including phenoxy) is 1. The van der Waals surface area contributed by atoms with Crippen molar-refractivity contribution in [3.05, 3.63) is 58.1 Å². The summed E-state index contributed by atoms with van der Waals surface area (Å²) in [6, 6.07) is 13.5. The number of thiazole rings is 1. The first-order valence-electron chi connectivity index (χ1n) is 7.87. The first kappa shape index (κ1) is 16.9. The third kappa shape index (κ3) is 2.93. The molecule has 0 N–H and O–H groups in total. The number of fused-ring (bicyclic) bond motifs is 1. The largest absolute Gasteiger partial charge is 0.496 e. The maximum absolute atomic E-state index is 12.9. The van der Waals surface area contributed by atoms with Crippen LogP contribution in [-0.4, -0.2) is 23.7 Å². The van der Waals surface area contributed by atoms with Gasteiger partial charge >= 0.3 is 0 Å². The number of carbonyl (C=O) groups is 1. The van der Waals surface area contributed by atoms with Gasteiger partial charge in [0.05, 0.1) is 33.1 Å². The number of aromatic nitrogens is 1. The predicted molar refractivity (Wildman–Crippen MR) is 109 cm³/mol. The van der Waals surface area contributed by atoms with Crippen LogP contribution in [0.25, 0.3) is 16.3 Å². The van der Waals surface area contributed by atoms with Crippen LogP contribution in [0.2, 0.25) is 0 Å². The molecule has 26 heavy (non-hydrogen) atoms. The van der Waals surface area contributed by atoms with Gasteiger partial charge in [0, 0.05) is 0 Å². The van der Waals surface area contributed by atoms with Gasteiger partial charge in [0.15, 0.2) is 0 Å². The van der Waals surface area contributed by atoms with Gasteiger partial charge in [-0.2, -0.15) is 10.1 Å². The van der Waals surface area contributed by atoms with Gasteiger partial charge in [-0.1, -0.05) is 29.5 Å². The summed E-state index contributed by atoms with van der Waals surface area (Å²) >= 11 is 4.92. The summed E-state index contributed by atoms with van der Waals surface area (Å²) < 4.78 is 7.10. The first-order valence-corrected chi connectivity index (χ1v) is 9.48. The van der Waals surface area contributed by atoms with E-state index in [4.69, 9.17) is 4.74 Å². The fourth-order valence-electron chi connectivity index (χ4n) is 2.70. The molecule has 1 aliphatic heterocycles. The molecule has 0 saturated heterocycles. The average Bonchev–Trinajstić information content (AvgIpc) is 3.18. The third-order valence-electron chi connectivity index (χ3n) is 4.01. The van der Waals surface area contributed by atoms with Gasteiger partial charge in [-0.3, -0.25) is 4.79 Å². The SMILES string of the molecule is COc1ccc(/C=C2\C(=O)N(c3nc4ccccc4s3)N=C2C)cc1Br. The molecule has 2 aromatic carbocycles. The van der Waals surface area contributed by atoms with E-state index in [1.807, 2.05) is 55.5 Å².